The second kappa shape index (κ2) is 13.8. The molecule has 0 spiro atoms. The van der Waals surface area contributed by atoms with E-state index in [0.29, 0.717) is 42.7 Å². The highest BCUT2D eigenvalue weighted by atomic mass is 35.5. The van der Waals surface area contributed by atoms with Gasteiger partial charge in [-0.05, 0) is 24.3 Å². The minimum absolute atomic E-state index is 0. The van der Waals surface area contributed by atoms with E-state index in [1.54, 1.807) is 25.4 Å². The first kappa shape index (κ1) is 24.7. The van der Waals surface area contributed by atoms with Gasteiger partial charge in [0.05, 0.1) is 12.8 Å². The number of aryl methyl sites for hydroxylation is 1. The summed E-state index contributed by atoms with van der Waals surface area (Å²) in [6.45, 7) is 2.74. The quantitative estimate of drug-likeness (QED) is 0.573. The summed E-state index contributed by atoms with van der Waals surface area (Å²) in [5.41, 5.74) is 0.907. The molecule has 0 aliphatic rings. The fourth-order valence-electron chi connectivity index (χ4n) is 2.07. The van der Waals surface area contributed by atoms with Crippen LogP contribution in [-0.4, -0.2) is 44.2 Å². The Balaban J connectivity index is 0.00000312. The van der Waals surface area contributed by atoms with Gasteiger partial charge >= 0.3 is 0 Å². The van der Waals surface area contributed by atoms with Gasteiger partial charge in [-0.25, -0.2) is 4.98 Å². The number of nitrogens with one attached hydrogen (secondary N) is 2. The maximum atomic E-state index is 11.8. The summed E-state index contributed by atoms with van der Waals surface area (Å²) < 4.78 is 10.6. The van der Waals surface area contributed by atoms with Crippen molar-refractivity contribution in [3.05, 3.63) is 41.4 Å². The van der Waals surface area contributed by atoms with Gasteiger partial charge < -0.3 is 19.8 Å². The standard InChI is InChI=1S/C17H22ClN3O3.2ClH/c1-23-11-10-19-8-9-20-16(22)6-7-17-21-12-15(24-17)13-2-4-14(18)5-3-13;;/h2-5,12,19H,6-11H2,1H3,(H,20,22);2*1H. The highest BCUT2D eigenvalue weighted by Crippen LogP contribution is 2.22. The number of amides is 1. The molecular weight excluding hydrogens is 401 g/mol. The molecule has 26 heavy (non-hydrogen) atoms. The molecule has 0 fully saturated rings. The van der Waals surface area contributed by atoms with Gasteiger partial charge in [-0.15, -0.1) is 24.8 Å². The van der Waals surface area contributed by atoms with E-state index in [1.807, 2.05) is 12.1 Å². The number of methoxy groups -OCH3 is 1. The third-order valence-corrected chi connectivity index (χ3v) is 3.61. The molecule has 1 aromatic carbocycles. The summed E-state index contributed by atoms with van der Waals surface area (Å²) in [6, 6.07) is 7.34. The number of rotatable bonds is 10. The number of hydrogen-bond donors (Lipinski definition) is 2. The topological polar surface area (TPSA) is 76.4 Å². The average Bonchev–Trinajstić information content (AvgIpc) is 3.06. The SMILES string of the molecule is COCCNCCNC(=O)CCc1ncc(-c2ccc(Cl)cc2)o1.Cl.Cl. The lowest BCUT2D eigenvalue weighted by Gasteiger charge is -2.05. The van der Waals surface area contributed by atoms with Crippen LogP contribution in [0.15, 0.2) is 34.9 Å². The zero-order valence-electron chi connectivity index (χ0n) is 14.5. The molecule has 9 heteroatoms. The monoisotopic (exact) mass is 423 g/mol. The van der Waals surface area contributed by atoms with E-state index in [1.165, 1.54) is 0 Å². The Morgan fingerprint density at radius 2 is 1.92 bits per heavy atom. The number of aromatic nitrogens is 1. The molecule has 2 aromatic rings. The Morgan fingerprint density at radius 1 is 1.19 bits per heavy atom. The molecule has 1 heterocycles. The van der Waals surface area contributed by atoms with Gasteiger partial charge in [-0.3, -0.25) is 4.79 Å². The van der Waals surface area contributed by atoms with Crippen molar-refractivity contribution in [1.82, 2.24) is 15.6 Å². The Bertz CT molecular complexity index is 636. The van der Waals surface area contributed by atoms with Crippen LogP contribution >= 0.6 is 36.4 Å². The first-order chi connectivity index (χ1) is 11.7. The van der Waals surface area contributed by atoms with Crippen LogP contribution in [0.4, 0.5) is 0 Å². The maximum Gasteiger partial charge on any atom is 0.220 e. The van der Waals surface area contributed by atoms with Gasteiger partial charge in [-0.2, -0.15) is 0 Å². The lowest BCUT2D eigenvalue weighted by molar-refractivity contribution is -0.121. The second-order valence-electron chi connectivity index (χ2n) is 5.22. The number of oxazole rings is 1. The van der Waals surface area contributed by atoms with Crippen molar-refractivity contribution in [2.24, 2.45) is 0 Å². The summed E-state index contributed by atoms with van der Waals surface area (Å²) in [6.07, 6.45) is 2.48. The lowest BCUT2D eigenvalue weighted by atomic mass is 10.2. The van der Waals surface area contributed by atoms with Crippen molar-refractivity contribution < 1.29 is 13.9 Å². The number of hydrogen-bond acceptors (Lipinski definition) is 5. The summed E-state index contributed by atoms with van der Waals surface area (Å²) in [5, 5.41) is 6.68. The highest BCUT2D eigenvalue weighted by molar-refractivity contribution is 6.30. The number of carbonyl (C=O) groups excluding carboxylic acids is 1. The zero-order chi connectivity index (χ0) is 17.2. The van der Waals surface area contributed by atoms with Crippen molar-refractivity contribution in [3.63, 3.8) is 0 Å². The molecular formula is C17H24Cl3N3O3. The van der Waals surface area contributed by atoms with Crippen LogP contribution in [0.25, 0.3) is 11.3 Å². The highest BCUT2D eigenvalue weighted by Gasteiger charge is 2.08. The van der Waals surface area contributed by atoms with E-state index < -0.39 is 0 Å². The van der Waals surface area contributed by atoms with Crippen molar-refractivity contribution in [2.45, 2.75) is 12.8 Å². The molecule has 1 aromatic heterocycles. The van der Waals surface area contributed by atoms with Gasteiger partial charge in [0, 0.05) is 50.2 Å². The number of ether oxygens (including phenoxy) is 1. The van der Waals surface area contributed by atoms with Crippen molar-refractivity contribution in [2.75, 3.05) is 33.4 Å². The van der Waals surface area contributed by atoms with Crippen LogP contribution in [-0.2, 0) is 16.0 Å². The summed E-state index contributed by atoms with van der Waals surface area (Å²) >= 11 is 5.86. The molecule has 0 saturated carbocycles. The van der Waals surface area contributed by atoms with Crippen molar-refractivity contribution in [3.8, 4) is 11.3 Å². The molecule has 0 saturated heterocycles. The Morgan fingerprint density at radius 3 is 2.62 bits per heavy atom. The number of halogens is 3. The van der Waals surface area contributed by atoms with Crippen LogP contribution in [0.5, 0.6) is 0 Å². The predicted octanol–water partition coefficient (Wildman–Crippen LogP) is 3.12. The fraction of sp³-hybridized carbons (Fsp3) is 0.412. The van der Waals surface area contributed by atoms with Crippen LogP contribution in [0.3, 0.4) is 0 Å². The number of nitrogens with zero attached hydrogens (tertiary/aromatic N) is 1. The Labute approximate surface area is 170 Å². The Hall–Kier alpha value is -1.31. The molecule has 0 aliphatic heterocycles. The summed E-state index contributed by atoms with van der Waals surface area (Å²) in [7, 11) is 1.66. The predicted molar refractivity (Wildman–Crippen MR) is 108 cm³/mol. The number of benzene rings is 1. The number of carbonyl (C=O) groups is 1. The largest absolute Gasteiger partial charge is 0.441 e. The van der Waals surface area contributed by atoms with Gasteiger partial charge in [0.25, 0.3) is 0 Å². The average molecular weight is 425 g/mol. The smallest absolute Gasteiger partial charge is 0.220 e. The third-order valence-electron chi connectivity index (χ3n) is 3.36. The van der Waals surface area contributed by atoms with Gasteiger partial charge in [-0.1, -0.05) is 11.6 Å². The maximum absolute atomic E-state index is 11.8. The van der Waals surface area contributed by atoms with Gasteiger partial charge in [0.1, 0.15) is 0 Å². The van der Waals surface area contributed by atoms with E-state index in [2.05, 4.69) is 15.6 Å². The minimum atomic E-state index is -0.0187. The molecule has 146 valence electrons. The fourth-order valence-corrected chi connectivity index (χ4v) is 2.20. The van der Waals surface area contributed by atoms with Crippen LogP contribution < -0.4 is 10.6 Å². The lowest BCUT2D eigenvalue weighted by Crippen LogP contribution is -2.33. The van der Waals surface area contributed by atoms with Crippen molar-refractivity contribution in [1.29, 1.82) is 0 Å². The third kappa shape index (κ3) is 8.87. The molecule has 2 rings (SSSR count). The Kier molecular flexibility index (Phi) is 13.1. The van der Waals surface area contributed by atoms with E-state index in [-0.39, 0.29) is 30.7 Å². The summed E-state index contributed by atoms with van der Waals surface area (Å²) in [5.74, 6) is 1.20. The van der Waals surface area contributed by atoms with E-state index in [9.17, 15) is 4.79 Å². The molecule has 0 atom stereocenters. The zero-order valence-corrected chi connectivity index (χ0v) is 16.9. The molecule has 2 N–H and O–H groups in total. The molecule has 6 nitrogen and oxygen atoms in total. The first-order valence-corrected chi connectivity index (χ1v) is 8.24. The van der Waals surface area contributed by atoms with Crippen LogP contribution in [0, 0.1) is 0 Å². The second-order valence-corrected chi connectivity index (χ2v) is 5.65. The van der Waals surface area contributed by atoms with E-state index in [4.69, 9.17) is 20.8 Å². The molecule has 0 bridgehead atoms. The van der Waals surface area contributed by atoms with Gasteiger partial charge in [0.2, 0.25) is 5.91 Å². The van der Waals surface area contributed by atoms with Crippen LogP contribution in [0.2, 0.25) is 5.02 Å². The normalized spacial score (nSPS) is 9.92. The first-order valence-electron chi connectivity index (χ1n) is 7.86. The molecule has 1 amide bonds. The van der Waals surface area contributed by atoms with E-state index >= 15 is 0 Å². The van der Waals surface area contributed by atoms with E-state index in [0.717, 1.165) is 18.7 Å². The minimum Gasteiger partial charge on any atom is -0.441 e. The molecule has 0 aliphatic carbocycles. The van der Waals surface area contributed by atoms with Crippen molar-refractivity contribution >= 4 is 42.3 Å². The molecule has 0 radical (unpaired) electrons. The summed E-state index contributed by atoms with van der Waals surface area (Å²) in [4.78, 5) is 16.0. The molecule has 0 unspecified atom stereocenters. The van der Waals surface area contributed by atoms with Gasteiger partial charge in [0.15, 0.2) is 11.7 Å². The van der Waals surface area contributed by atoms with Crippen LogP contribution in [0.1, 0.15) is 12.3 Å².